The van der Waals surface area contributed by atoms with E-state index >= 15 is 0 Å². The van der Waals surface area contributed by atoms with Crippen molar-refractivity contribution >= 4 is 21.4 Å². The van der Waals surface area contributed by atoms with Crippen LogP contribution in [0, 0.1) is 12.8 Å². The van der Waals surface area contributed by atoms with Gasteiger partial charge in [0.1, 0.15) is 5.69 Å². The number of carbonyl (C=O) groups is 1. The van der Waals surface area contributed by atoms with Crippen LogP contribution >= 0.6 is 0 Å². The van der Waals surface area contributed by atoms with Gasteiger partial charge in [0.25, 0.3) is 0 Å². The topological polar surface area (TPSA) is 84.6 Å². The Labute approximate surface area is 165 Å². The monoisotopic (exact) mass is 430 g/mol. The highest BCUT2D eigenvalue weighted by atomic mass is 32.2. The maximum Gasteiger partial charge on any atom is 0.433 e. The number of hydrogen-bond donors (Lipinski definition) is 0. The van der Waals surface area contributed by atoms with Crippen LogP contribution < -0.4 is 0 Å². The summed E-state index contributed by atoms with van der Waals surface area (Å²) in [4.78, 5) is 18.7. The molecule has 2 aromatic heterocycles. The average Bonchev–Trinajstić information content (AvgIpc) is 3.20. The summed E-state index contributed by atoms with van der Waals surface area (Å²) < 4.78 is 64.8. The molecule has 1 amide bonds. The Balaban J connectivity index is 1.61. The molecule has 2 aliphatic heterocycles. The molecule has 158 valence electrons. The maximum atomic E-state index is 13.5. The van der Waals surface area contributed by atoms with Crippen LogP contribution in [0.15, 0.2) is 12.1 Å². The Bertz CT molecular complexity index is 1060. The Kier molecular flexibility index (Phi) is 4.83. The van der Waals surface area contributed by atoms with E-state index in [9.17, 15) is 26.4 Å². The number of aromatic nitrogens is 3. The Morgan fingerprint density at radius 2 is 2.00 bits per heavy atom. The van der Waals surface area contributed by atoms with Crippen molar-refractivity contribution in [1.82, 2.24) is 19.5 Å². The fraction of sp³-hybridized carbons (Fsp3) is 0.611. The molecule has 0 aromatic carbocycles. The molecule has 0 radical (unpaired) electrons. The van der Waals surface area contributed by atoms with Gasteiger partial charge in [0.15, 0.2) is 15.5 Å². The van der Waals surface area contributed by atoms with E-state index < -0.39 is 27.6 Å². The molecular weight excluding hydrogens is 409 g/mol. The molecular formula is C18H21F3N4O3S. The number of likely N-dealkylation sites (tertiary alicyclic amines) is 1. The van der Waals surface area contributed by atoms with Crippen LogP contribution in [0.25, 0.3) is 5.65 Å². The average molecular weight is 430 g/mol. The quantitative estimate of drug-likeness (QED) is 0.729. The lowest BCUT2D eigenvalue weighted by Crippen LogP contribution is -2.43. The van der Waals surface area contributed by atoms with Gasteiger partial charge in [-0.05, 0) is 32.3 Å². The first-order valence-corrected chi connectivity index (χ1v) is 11.3. The minimum absolute atomic E-state index is 0.00834. The van der Waals surface area contributed by atoms with Gasteiger partial charge in [-0.2, -0.15) is 18.3 Å². The largest absolute Gasteiger partial charge is 0.433 e. The first kappa shape index (κ1) is 20.1. The zero-order valence-electron chi connectivity index (χ0n) is 15.8. The molecule has 0 aliphatic carbocycles. The number of alkyl halides is 3. The van der Waals surface area contributed by atoms with Gasteiger partial charge in [-0.3, -0.25) is 4.79 Å². The van der Waals surface area contributed by atoms with E-state index in [0.717, 1.165) is 10.6 Å². The Hall–Kier alpha value is -2.17. The number of fused-ring (bicyclic) bond motifs is 1. The molecule has 11 heteroatoms. The van der Waals surface area contributed by atoms with Crippen LogP contribution in [0.3, 0.4) is 0 Å². The number of hydrogen-bond acceptors (Lipinski definition) is 5. The van der Waals surface area contributed by atoms with Gasteiger partial charge in [0, 0.05) is 30.8 Å². The zero-order chi connectivity index (χ0) is 21.0. The lowest BCUT2D eigenvalue weighted by molar-refractivity contribution is -0.143. The van der Waals surface area contributed by atoms with Crippen LogP contribution in [-0.2, 0) is 20.8 Å². The second kappa shape index (κ2) is 6.96. The predicted molar refractivity (Wildman–Crippen MR) is 98.0 cm³/mol. The summed E-state index contributed by atoms with van der Waals surface area (Å²) >= 11 is 0. The SMILES string of the molecule is Cc1cc2nc(C3CCCN(C(=O)C4CCS(=O)(=O)C4)C3)cc(C(F)(F)F)n2n1. The number of piperidine rings is 1. The standard InChI is InChI=1S/C18H21F3N4O3S/c1-11-7-16-22-14(8-15(18(19,20)21)25(16)23-11)12-3-2-5-24(9-12)17(26)13-4-6-29(27,28)10-13/h7-8,12-13H,2-6,9-10H2,1H3. The third-order valence-electron chi connectivity index (χ3n) is 5.59. The number of halogens is 3. The van der Waals surface area contributed by atoms with Crippen molar-refractivity contribution < 1.29 is 26.4 Å². The molecule has 2 aliphatic rings. The van der Waals surface area contributed by atoms with Crippen LogP contribution in [0.1, 0.15) is 42.3 Å². The Morgan fingerprint density at radius 1 is 1.24 bits per heavy atom. The van der Waals surface area contributed by atoms with Gasteiger partial charge in [-0.25, -0.2) is 17.9 Å². The van der Waals surface area contributed by atoms with E-state index in [1.54, 1.807) is 11.8 Å². The lowest BCUT2D eigenvalue weighted by Gasteiger charge is -2.34. The molecule has 4 rings (SSSR count). The van der Waals surface area contributed by atoms with Crippen molar-refractivity contribution in [1.29, 1.82) is 0 Å². The van der Waals surface area contributed by atoms with E-state index in [4.69, 9.17) is 0 Å². The van der Waals surface area contributed by atoms with Crippen molar-refractivity contribution in [3.05, 3.63) is 29.2 Å². The van der Waals surface area contributed by atoms with Gasteiger partial charge in [0.05, 0.1) is 23.1 Å². The van der Waals surface area contributed by atoms with Gasteiger partial charge in [-0.15, -0.1) is 0 Å². The van der Waals surface area contributed by atoms with Crippen LogP contribution in [0.5, 0.6) is 0 Å². The van der Waals surface area contributed by atoms with Crippen LogP contribution in [0.2, 0.25) is 0 Å². The molecule has 2 atom stereocenters. The molecule has 2 saturated heterocycles. The van der Waals surface area contributed by atoms with Gasteiger partial charge >= 0.3 is 6.18 Å². The van der Waals surface area contributed by atoms with Crippen molar-refractivity contribution in [2.75, 3.05) is 24.6 Å². The summed E-state index contributed by atoms with van der Waals surface area (Å²) in [7, 11) is -3.18. The van der Waals surface area contributed by atoms with E-state index in [1.807, 2.05) is 0 Å². The molecule has 0 bridgehead atoms. The molecule has 2 unspecified atom stereocenters. The first-order chi connectivity index (χ1) is 13.5. The van der Waals surface area contributed by atoms with E-state index in [0.29, 0.717) is 31.5 Å². The minimum Gasteiger partial charge on any atom is -0.342 e. The number of aryl methyl sites for hydroxylation is 1. The van der Waals surface area contributed by atoms with Crippen molar-refractivity contribution in [2.45, 2.75) is 38.3 Å². The molecule has 4 heterocycles. The fourth-order valence-electron chi connectivity index (χ4n) is 4.19. The summed E-state index contributed by atoms with van der Waals surface area (Å²) in [6.45, 7) is 2.32. The normalized spacial score (nSPS) is 24.9. The summed E-state index contributed by atoms with van der Waals surface area (Å²) in [5.74, 6) is -1.27. The highest BCUT2D eigenvalue weighted by molar-refractivity contribution is 7.91. The van der Waals surface area contributed by atoms with Crippen LogP contribution in [0.4, 0.5) is 13.2 Å². The highest BCUT2D eigenvalue weighted by Gasteiger charge is 2.39. The lowest BCUT2D eigenvalue weighted by atomic mass is 9.93. The number of nitrogens with zero attached hydrogens (tertiary/aromatic N) is 4. The predicted octanol–water partition coefficient (Wildman–Crippen LogP) is 2.20. The summed E-state index contributed by atoms with van der Waals surface area (Å²) in [5, 5.41) is 3.89. The smallest absolute Gasteiger partial charge is 0.342 e. The fourth-order valence-corrected chi connectivity index (χ4v) is 5.92. The Morgan fingerprint density at radius 3 is 2.66 bits per heavy atom. The summed E-state index contributed by atoms with van der Waals surface area (Å²) in [6.07, 6.45) is -3.04. The maximum absolute atomic E-state index is 13.5. The molecule has 0 saturated carbocycles. The van der Waals surface area contributed by atoms with Crippen LogP contribution in [-0.4, -0.2) is 58.4 Å². The zero-order valence-corrected chi connectivity index (χ0v) is 16.6. The molecule has 7 nitrogen and oxygen atoms in total. The van der Waals surface area contributed by atoms with E-state index in [2.05, 4.69) is 10.1 Å². The van der Waals surface area contributed by atoms with Gasteiger partial charge in [0.2, 0.25) is 5.91 Å². The highest BCUT2D eigenvalue weighted by Crippen LogP contribution is 2.34. The molecule has 2 fully saturated rings. The first-order valence-electron chi connectivity index (χ1n) is 9.47. The summed E-state index contributed by atoms with van der Waals surface area (Å²) in [6, 6.07) is 2.51. The molecule has 2 aromatic rings. The van der Waals surface area contributed by atoms with Crippen molar-refractivity contribution in [2.24, 2.45) is 5.92 Å². The second-order valence-electron chi connectivity index (χ2n) is 7.84. The number of sulfone groups is 1. The molecule has 29 heavy (non-hydrogen) atoms. The van der Waals surface area contributed by atoms with Crippen molar-refractivity contribution in [3.8, 4) is 0 Å². The number of carbonyl (C=O) groups excluding carboxylic acids is 1. The number of rotatable bonds is 2. The van der Waals surface area contributed by atoms with E-state index in [1.165, 1.54) is 6.07 Å². The van der Waals surface area contributed by atoms with Crippen molar-refractivity contribution in [3.63, 3.8) is 0 Å². The minimum atomic E-state index is -4.59. The third kappa shape index (κ3) is 3.96. The summed E-state index contributed by atoms with van der Waals surface area (Å²) in [5.41, 5.74) is -0.0575. The molecule has 0 N–H and O–H groups in total. The van der Waals surface area contributed by atoms with E-state index in [-0.39, 0.29) is 41.2 Å². The third-order valence-corrected chi connectivity index (χ3v) is 7.36. The van der Waals surface area contributed by atoms with Gasteiger partial charge < -0.3 is 4.90 Å². The molecule has 0 spiro atoms. The number of amides is 1. The second-order valence-corrected chi connectivity index (χ2v) is 10.1. The van der Waals surface area contributed by atoms with Gasteiger partial charge in [-0.1, -0.05) is 0 Å².